The summed E-state index contributed by atoms with van der Waals surface area (Å²) in [5.74, 6) is 1.53. The summed E-state index contributed by atoms with van der Waals surface area (Å²) in [6.07, 6.45) is 13.5. The van der Waals surface area contributed by atoms with Crippen LogP contribution < -0.4 is 10.2 Å². The van der Waals surface area contributed by atoms with Crippen LogP contribution >= 0.6 is 0 Å². The summed E-state index contributed by atoms with van der Waals surface area (Å²) in [5, 5.41) is 3.17. The quantitative estimate of drug-likeness (QED) is 0.154. The summed E-state index contributed by atoms with van der Waals surface area (Å²) in [4.78, 5) is 28.9. The van der Waals surface area contributed by atoms with Gasteiger partial charge in [-0.1, -0.05) is 24.6 Å². The molecule has 0 bridgehead atoms. The molecule has 7 rings (SSSR count). The molecule has 2 saturated heterocycles. The molecule has 3 atom stereocenters. The number of likely N-dealkylation sites (tertiary alicyclic amines) is 1. The average Bonchev–Trinajstić information content (AvgIpc) is 3.83. The second kappa shape index (κ2) is 17.5. The zero-order chi connectivity index (χ0) is 40.2. The Bertz CT molecular complexity index is 2130. The third-order valence-electron chi connectivity index (χ3n) is 12.5. The van der Waals surface area contributed by atoms with Gasteiger partial charge in [0.05, 0.1) is 22.6 Å². The standard InChI is InChI=1S/C44H56FN7O4S/c1-32-46-21-25-51(32)31-44(35-8-5-9-36(45)26-35,41-11-6-12-42(41)48-43(53)56-4)34-18-23-50(24-19-34)28-33-29-52(30-33)38-13-15-39(16-14-38)57(54,55)40-17-20-47-37(27-40)10-7-22-49(2)3/h5,7-10,13-17,20-21,25-27,33-34,41-42H,6,11-12,18-19,22-24,28-31H2,1-4H3,(H,48,53)/b10-7+/t41-,42-,44-/m0/s1. The lowest BCUT2D eigenvalue weighted by atomic mass is 9.58. The Kier molecular flexibility index (Phi) is 12.5. The third kappa shape index (κ3) is 8.95. The van der Waals surface area contributed by atoms with Crippen LogP contribution in [-0.2, 0) is 26.5 Å². The molecule has 11 nitrogen and oxygen atoms in total. The molecule has 2 aliphatic heterocycles. The molecule has 304 valence electrons. The number of pyridine rings is 1. The number of amides is 1. The van der Waals surface area contributed by atoms with Gasteiger partial charge in [-0.25, -0.2) is 22.6 Å². The number of aromatic nitrogens is 3. The van der Waals surface area contributed by atoms with Gasteiger partial charge in [-0.2, -0.15) is 0 Å². The first-order valence-electron chi connectivity index (χ1n) is 20.1. The monoisotopic (exact) mass is 797 g/mol. The largest absolute Gasteiger partial charge is 0.453 e. The first-order chi connectivity index (χ1) is 27.5. The van der Waals surface area contributed by atoms with Gasteiger partial charge in [0.15, 0.2) is 0 Å². The summed E-state index contributed by atoms with van der Waals surface area (Å²) in [6, 6.07) is 17.5. The van der Waals surface area contributed by atoms with Crippen molar-refractivity contribution >= 4 is 27.7 Å². The molecule has 1 aliphatic carbocycles. The average molecular weight is 798 g/mol. The number of alkyl carbamates (subject to hydrolysis) is 1. The fraction of sp³-hybridized carbons (Fsp3) is 0.477. The highest BCUT2D eigenvalue weighted by Crippen LogP contribution is 2.52. The number of imidazole rings is 1. The number of methoxy groups -OCH3 is 1. The second-order valence-electron chi connectivity index (χ2n) is 16.4. The van der Waals surface area contributed by atoms with Crippen molar-refractivity contribution in [3.05, 3.63) is 108 Å². The molecule has 2 aromatic heterocycles. The highest BCUT2D eigenvalue weighted by Gasteiger charge is 2.52. The van der Waals surface area contributed by atoms with Gasteiger partial charge in [-0.15, -0.1) is 0 Å². The molecule has 1 N–H and O–H groups in total. The number of nitrogens with one attached hydrogen (secondary N) is 1. The van der Waals surface area contributed by atoms with E-state index in [2.05, 4.69) is 35.7 Å². The van der Waals surface area contributed by atoms with Crippen molar-refractivity contribution in [2.24, 2.45) is 17.8 Å². The molecule has 13 heteroatoms. The van der Waals surface area contributed by atoms with Gasteiger partial charge in [-0.05, 0) is 132 Å². The number of benzene rings is 2. The molecule has 4 aromatic rings. The number of halogens is 1. The lowest BCUT2D eigenvalue weighted by Gasteiger charge is -2.51. The van der Waals surface area contributed by atoms with Crippen LogP contribution in [0.15, 0.2) is 95.1 Å². The number of carbonyl (C=O) groups excluding carboxylic acids is 1. The maximum Gasteiger partial charge on any atom is 0.407 e. The minimum absolute atomic E-state index is 0.0818. The van der Waals surface area contributed by atoms with Crippen LogP contribution in [0.25, 0.3) is 6.08 Å². The number of carbonyl (C=O) groups is 1. The minimum Gasteiger partial charge on any atom is -0.453 e. The van der Waals surface area contributed by atoms with Crippen LogP contribution in [0.1, 0.15) is 49.2 Å². The van der Waals surface area contributed by atoms with Gasteiger partial charge in [0.25, 0.3) is 0 Å². The highest BCUT2D eigenvalue weighted by molar-refractivity contribution is 7.91. The lowest BCUT2D eigenvalue weighted by Crippen LogP contribution is -2.56. The van der Waals surface area contributed by atoms with Crippen molar-refractivity contribution in [3.8, 4) is 0 Å². The van der Waals surface area contributed by atoms with Gasteiger partial charge < -0.3 is 29.3 Å². The van der Waals surface area contributed by atoms with Crippen LogP contribution in [0.3, 0.4) is 0 Å². The Labute approximate surface area is 336 Å². The van der Waals surface area contributed by atoms with Gasteiger partial charge in [0, 0.05) is 74.4 Å². The van der Waals surface area contributed by atoms with Crippen LogP contribution in [-0.4, -0.2) is 105 Å². The summed E-state index contributed by atoms with van der Waals surface area (Å²) in [5.41, 5.74) is 2.19. The Balaban J connectivity index is 1.01. The number of likely N-dealkylation sites (N-methyl/N-ethyl adjacent to an activating group) is 1. The van der Waals surface area contributed by atoms with E-state index in [1.165, 1.54) is 13.2 Å². The summed E-state index contributed by atoms with van der Waals surface area (Å²) < 4.78 is 49.4. The van der Waals surface area contributed by atoms with Crippen molar-refractivity contribution < 1.29 is 22.3 Å². The second-order valence-corrected chi connectivity index (χ2v) is 18.3. The zero-order valence-corrected chi connectivity index (χ0v) is 34.4. The van der Waals surface area contributed by atoms with Gasteiger partial charge in [-0.3, -0.25) is 4.98 Å². The van der Waals surface area contributed by atoms with Crippen LogP contribution in [0.5, 0.6) is 0 Å². The SMILES string of the molecule is COC(=O)N[C@H]1CCC[C@@H]1[C@](Cn1ccnc1C)(c1cccc(F)c1)C1CCN(CC2CN(c3ccc(S(=O)(=O)c4ccnc(/C=C/CN(C)C)c4)cc3)C2)CC1. The van der Waals surface area contributed by atoms with Gasteiger partial charge in [0.1, 0.15) is 11.6 Å². The molecule has 3 fully saturated rings. The Morgan fingerprint density at radius 3 is 2.46 bits per heavy atom. The van der Waals surface area contributed by atoms with Crippen molar-refractivity contribution in [3.63, 3.8) is 0 Å². The number of rotatable bonds is 14. The third-order valence-corrected chi connectivity index (χ3v) is 14.3. The predicted molar refractivity (Wildman–Crippen MR) is 220 cm³/mol. The van der Waals surface area contributed by atoms with Crippen molar-refractivity contribution in [2.45, 2.75) is 66.8 Å². The highest BCUT2D eigenvalue weighted by atomic mass is 32.2. The molecule has 4 heterocycles. The molecule has 3 aliphatic rings. The number of nitrogens with zero attached hydrogens (tertiary/aromatic N) is 6. The lowest BCUT2D eigenvalue weighted by molar-refractivity contribution is 0.0543. The number of ether oxygens (including phenoxy) is 1. The molecule has 0 spiro atoms. The summed E-state index contributed by atoms with van der Waals surface area (Å²) >= 11 is 0. The van der Waals surface area contributed by atoms with E-state index in [0.29, 0.717) is 18.2 Å². The molecule has 2 aromatic carbocycles. The molecule has 0 radical (unpaired) electrons. The topological polar surface area (TPSA) is 113 Å². The van der Waals surface area contributed by atoms with Crippen LogP contribution in [0.2, 0.25) is 0 Å². The van der Waals surface area contributed by atoms with E-state index >= 15 is 4.39 Å². The first kappa shape index (κ1) is 40.6. The molecule has 1 saturated carbocycles. The maximum atomic E-state index is 15.1. The fourth-order valence-electron chi connectivity index (χ4n) is 9.62. The smallest absolute Gasteiger partial charge is 0.407 e. The van der Waals surface area contributed by atoms with Crippen LogP contribution in [0.4, 0.5) is 14.9 Å². The number of sulfone groups is 1. The van der Waals surface area contributed by atoms with Crippen LogP contribution in [0, 0.1) is 30.5 Å². The molecule has 57 heavy (non-hydrogen) atoms. The van der Waals surface area contributed by atoms with E-state index in [9.17, 15) is 13.2 Å². The van der Waals surface area contributed by atoms with Gasteiger partial charge in [0.2, 0.25) is 9.84 Å². The molecule has 1 amide bonds. The molecule has 0 unspecified atom stereocenters. The fourth-order valence-corrected chi connectivity index (χ4v) is 10.9. The Hall–Kier alpha value is -4.59. The number of anilines is 1. The van der Waals surface area contributed by atoms with E-state index in [0.717, 1.165) is 88.4 Å². The predicted octanol–water partition coefficient (Wildman–Crippen LogP) is 6.44. The number of hydrogen-bond donors (Lipinski definition) is 1. The minimum atomic E-state index is -3.69. The van der Waals surface area contributed by atoms with E-state index in [4.69, 9.17) is 4.74 Å². The number of aryl methyl sites for hydroxylation is 1. The first-order valence-corrected chi connectivity index (χ1v) is 21.6. The summed E-state index contributed by atoms with van der Waals surface area (Å²) in [6.45, 7) is 8.11. The molecular weight excluding hydrogens is 742 g/mol. The number of hydrogen-bond acceptors (Lipinski definition) is 9. The van der Waals surface area contributed by atoms with Crippen molar-refractivity contribution in [2.75, 3.05) is 65.4 Å². The Morgan fingerprint density at radius 2 is 1.77 bits per heavy atom. The van der Waals surface area contributed by atoms with Crippen molar-refractivity contribution in [1.82, 2.24) is 29.7 Å². The van der Waals surface area contributed by atoms with Gasteiger partial charge >= 0.3 is 6.09 Å². The van der Waals surface area contributed by atoms with E-state index in [-0.39, 0.29) is 33.5 Å². The normalized spacial score (nSPS) is 20.8. The molecular formula is C44H56FN7O4S. The van der Waals surface area contributed by atoms with E-state index < -0.39 is 21.3 Å². The Morgan fingerprint density at radius 1 is 1.00 bits per heavy atom. The maximum absolute atomic E-state index is 15.1. The number of piperidine rings is 1. The van der Waals surface area contributed by atoms with E-state index in [1.807, 2.05) is 68.7 Å². The summed E-state index contributed by atoms with van der Waals surface area (Å²) in [7, 11) is 1.66. The van der Waals surface area contributed by atoms with Crippen molar-refractivity contribution in [1.29, 1.82) is 0 Å². The van der Waals surface area contributed by atoms with E-state index in [1.54, 1.807) is 36.5 Å². The zero-order valence-electron chi connectivity index (χ0n) is 33.6.